The maximum absolute atomic E-state index is 13.5. The second kappa shape index (κ2) is 5.55. The van der Waals surface area contributed by atoms with E-state index in [1.54, 1.807) is 0 Å². The standard InChI is InChI=1S/C15H12F2S2/c16-11-5-6-13(17)15(8-11)18-9-12-7-10-3-1-2-4-14(10)19-12/h1-6,8,12H,7,9H2. The normalized spacial score (nSPS) is 17.5. The van der Waals surface area contributed by atoms with Crippen LogP contribution in [0.5, 0.6) is 0 Å². The highest BCUT2D eigenvalue weighted by molar-refractivity contribution is 8.03. The average molecular weight is 294 g/mol. The van der Waals surface area contributed by atoms with Crippen molar-refractivity contribution in [2.75, 3.05) is 5.75 Å². The van der Waals surface area contributed by atoms with Crippen LogP contribution in [0.15, 0.2) is 52.3 Å². The number of thioether (sulfide) groups is 2. The van der Waals surface area contributed by atoms with Crippen LogP contribution in [-0.2, 0) is 6.42 Å². The predicted molar refractivity (Wildman–Crippen MR) is 76.9 cm³/mol. The van der Waals surface area contributed by atoms with Crippen molar-refractivity contribution in [2.24, 2.45) is 0 Å². The van der Waals surface area contributed by atoms with Gasteiger partial charge in [-0.15, -0.1) is 23.5 Å². The number of rotatable bonds is 3. The molecule has 98 valence electrons. The lowest BCUT2D eigenvalue weighted by atomic mass is 10.1. The molecule has 0 bridgehead atoms. The van der Waals surface area contributed by atoms with Crippen molar-refractivity contribution in [3.63, 3.8) is 0 Å². The van der Waals surface area contributed by atoms with Crippen LogP contribution in [-0.4, -0.2) is 11.0 Å². The summed E-state index contributed by atoms with van der Waals surface area (Å²) in [5.74, 6) is 0.0675. The third-order valence-electron chi connectivity index (χ3n) is 3.03. The van der Waals surface area contributed by atoms with Gasteiger partial charge in [0.15, 0.2) is 0 Å². The Labute approximate surface area is 119 Å². The van der Waals surface area contributed by atoms with Crippen molar-refractivity contribution in [1.82, 2.24) is 0 Å². The van der Waals surface area contributed by atoms with Gasteiger partial charge in [0, 0.05) is 20.8 Å². The molecule has 1 heterocycles. The van der Waals surface area contributed by atoms with Crippen LogP contribution < -0.4 is 0 Å². The molecule has 2 aromatic rings. The van der Waals surface area contributed by atoms with Gasteiger partial charge < -0.3 is 0 Å². The fraction of sp³-hybridized carbons (Fsp3) is 0.200. The summed E-state index contributed by atoms with van der Waals surface area (Å²) in [6.07, 6.45) is 1.00. The number of hydrogen-bond donors (Lipinski definition) is 0. The topological polar surface area (TPSA) is 0 Å². The maximum Gasteiger partial charge on any atom is 0.136 e. The zero-order chi connectivity index (χ0) is 13.2. The number of benzene rings is 2. The molecule has 1 atom stereocenters. The van der Waals surface area contributed by atoms with Crippen molar-refractivity contribution < 1.29 is 8.78 Å². The fourth-order valence-electron chi connectivity index (χ4n) is 2.12. The third kappa shape index (κ3) is 2.95. The minimum Gasteiger partial charge on any atom is -0.207 e. The second-order valence-corrected chi connectivity index (χ2v) is 6.84. The quantitative estimate of drug-likeness (QED) is 0.748. The Bertz CT molecular complexity index is 573. The van der Waals surface area contributed by atoms with E-state index in [0.717, 1.165) is 18.2 Å². The molecule has 1 aliphatic heterocycles. The highest BCUT2D eigenvalue weighted by atomic mass is 32.2. The molecular formula is C15H12F2S2. The van der Waals surface area contributed by atoms with Crippen LogP contribution in [0, 0.1) is 11.6 Å². The maximum atomic E-state index is 13.5. The van der Waals surface area contributed by atoms with Crippen LogP contribution in [0.4, 0.5) is 8.78 Å². The average Bonchev–Trinajstić information content (AvgIpc) is 2.82. The van der Waals surface area contributed by atoms with Gasteiger partial charge in [0.2, 0.25) is 0 Å². The molecule has 0 radical (unpaired) electrons. The second-order valence-electron chi connectivity index (χ2n) is 4.44. The van der Waals surface area contributed by atoms with Gasteiger partial charge in [-0.3, -0.25) is 0 Å². The Morgan fingerprint density at radius 3 is 2.84 bits per heavy atom. The van der Waals surface area contributed by atoms with Gasteiger partial charge in [-0.2, -0.15) is 0 Å². The molecule has 1 unspecified atom stereocenters. The van der Waals surface area contributed by atoms with Crippen LogP contribution in [0.2, 0.25) is 0 Å². The zero-order valence-corrected chi connectivity index (χ0v) is 11.7. The molecular weight excluding hydrogens is 282 g/mol. The first-order chi connectivity index (χ1) is 9.22. The molecule has 0 N–H and O–H groups in total. The lowest BCUT2D eigenvalue weighted by molar-refractivity contribution is 0.577. The Hall–Kier alpha value is -1.00. The smallest absolute Gasteiger partial charge is 0.136 e. The lowest BCUT2D eigenvalue weighted by Gasteiger charge is -2.08. The van der Waals surface area contributed by atoms with Gasteiger partial charge in [0.1, 0.15) is 11.6 Å². The van der Waals surface area contributed by atoms with Crippen LogP contribution in [0.3, 0.4) is 0 Å². The van der Waals surface area contributed by atoms with Gasteiger partial charge in [-0.1, -0.05) is 18.2 Å². The van der Waals surface area contributed by atoms with Crippen molar-refractivity contribution in [3.05, 3.63) is 59.7 Å². The Kier molecular flexibility index (Phi) is 3.80. The van der Waals surface area contributed by atoms with Crippen molar-refractivity contribution in [1.29, 1.82) is 0 Å². The summed E-state index contributed by atoms with van der Waals surface area (Å²) < 4.78 is 26.6. The van der Waals surface area contributed by atoms with Crippen molar-refractivity contribution in [2.45, 2.75) is 21.5 Å². The minimum atomic E-state index is -0.383. The molecule has 0 nitrogen and oxygen atoms in total. The summed E-state index contributed by atoms with van der Waals surface area (Å²) in [5, 5.41) is 0.435. The number of fused-ring (bicyclic) bond motifs is 1. The fourth-order valence-corrected chi connectivity index (χ4v) is 4.56. The SMILES string of the molecule is Fc1ccc(F)c(SCC2Cc3ccccc3S2)c1. The molecule has 0 aromatic heterocycles. The summed E-state index contributed by atoms with van der Waals surface area (Å²) in [6.45, 7) is 0. The Morgan fingerprint density at radius 1 is 1.16 bits per heavy atom. The molecule has 2 aromatic carbocycles. The van der Waals surface area contributed by atoms with E-state index in [1.165, 1.54) is 34.4 Å². The van der Waals surface area contributed by atoms with E-state index in [-0.39, 0.29) is 11.6 Å². The largest absolute Gasteiger partial charge is 0.207 e. The first-order valence-electron chi connectivity index (χ1n) is 6.05. The van der Waals surface area contributed by atoms with Crippen molar-refractivity contribution in [3.8, 4) is 0 Å². The van der Waals surface area contributed by atoms with E-state index in [4.69, 9.17) is 0 Å². The molecule has 0 spiro atoms. The van der Waals surface area contributed by atoms with Gasteiger partial charge in [-0.25, -0.2) is 8.78 Å². The predicted octanol–water partition coefficient (Wildman–Crippen LogP) is 4.77. The number of hydrogen-bond acceptors (Lipinski definition) is 2. The minimum absolute atomic E-state index is 0.341. The van der Waals surface area contributed by atoms with Gasteiger partial charge in [0.25, 0.3) is 0 Å². The molecule has 1 aliphatic rings. The zero-order valence-electron chi connectivity index (χ0n) is 10.1. The highest BCUT2D eigenvalue weighted by Crippen LogP contribution is 2.39. The summed E-state index contributed by atoms with van der Waals surface area (Å²) in [6, 6.07) is 11.9. The van der Waals surface area contributed by atoms with Gasteiger partial charge in [-0.05, 0) is 36.2 Å². The van der Waals surface area contributed by atoms with Crippen LogP contribution in [0.1, 0.15) is 5.56 Å². The summed E-state index contributed by atoms with van der Waals surface area (Å²) in [4.78, 5) is 1.71. The molecule has 0 saturated carbocycles. The summed E-state index contributed by atoms with van der Waals surface area (Å²) >= 11 is 3.22. The van der Waals surface area contributed by atoms with E-state index < -0.39 is 0 Å². The molecule has 3 rings (SSSR count). The monoisotopic (exact) mass is 294 g/mol. The number of halogens is 2. The van der Waals surface area contributed by atoms with Crippen LogP contribution in [0.25, 0.3) is 0 Å². The molecule has 19 heavy (non-hydrogen) atoms. The van der Waals surface area contributed by atoms with Gasteiger partial charge in [0.05, 0.1) is 0 Å². The van der Waals surface area contributed by atoms with E-state index >= 15 is 0 Å². The molecule has 4 heteroatoms. The van der Waals surface area contributed by atoms with E-state index in [1.807, 2.05) is 23.9 Å². The first-order valence-corrected chi connectivity index (χ1v) is 7.91. The molecule has 0 fully saturated rings. The van der Waals surface area contributed by atoms with Crippen molar-refractivity contribution >= 4 is 23.5 Å². The van der Waals surface area contributed by atoms with Crippen LogP contribution >= 0.6 is 23.5 Å². The molecule has 0 aliphatic carbocycles. The lowest BCUT2D eigenvalue weighted by Crippen LogP contribution is -2.04. The van der Waals surface area contributed by atoms with E-state index in [9.17, 15) is 8.78 Å². The molecule has 0 amide bonds. The Balaban J connectivity index is 1.64. The summed E-state index contributed by atoms with van der Waals surface area (Å²) in [5.41, 5.74) is 1.36. The first kappa shape index (κ1) is 13.0. The summed E-state index contributed by atoms with van der Waals surface area (Å²) in [7, 11) is 0. The molecule has 0 saturated heterocycles. The van der Waals surface area contributed by atoms with E-state index in [2.05, 4.69) is 12.1 Å². The highest BCUT2D eigenvalue weighted by Gasteiger charge is 2.22. The Morgan fingerprint density at radius 2 is 2.00 bits per heavy atom. The van der Waals surface area contributed by atoms with Gasteiger partial charge >= 0.3 is 0 Å². The van der Waals surface area contributed by atoms with E-state index in [0.29, 0.717) is 10.1 Å². The third-order valence-corrected chi connectivity index (χ3v) is 5.75.